The molecule has 0 spiro atoms. The van der Waals surface area contributed by atoms with Crippen LogP contribution in [0.15, 0.2) is 42.5 Å². The molecule has 0 N–H and O–H groups in total. The normalized spacial score (nSPS) is 9.90. The first-order valence-electron chi connectivity index (χ1n) is 6.11. The molecule has 106 valence electrons. The highest BCUT2D eigenvalue weighted by Crippen LogP contribution is 2.24. The Labute approximate surface area is 126 Å². The summed E-state index contributed by atoms with van der Waals surface area (Å²) in [6, 6.07) is 13.6. The molecule has 0 aliphatic rings. The molecule has 0 amide bonds. The SMILES string of the molecule is N#CCc1ccc(OCc2ccc(Cl)cc2[N+](=O)[O-])cc1. The van der Waals surface area contributed by atoms with Gasteiger partial charge in [0.15, 0.2) is 0 Å². The van der Waals surface area contributed by atoms with Gasteiger partial charge >= 0.3 is 0 Å². The summed E-state index contributed by atoms with van der Waals surface area (Å²) in [6.07, 6.45) is 0.336. The molecule has 0 fully saturated rings. The van der Waals surface area contributed by atoms with Gasteiger partial charge in [0.1, 0.15) is 12.4 Å². The Bertz CT molecular complexity index is 693. The third kappa shape index (κ3) is 3.94. The van der Waals surface area contributed by atoms with Gasteiger partial charge in [0.2, 0.25) is 0 Å². The Kier molecular flexibility index (Phi) is 4.75. The molecule has 0 unspecified atom stereocenters. The van der Waals surface area contributed by atoms with Crippen LogP contribution in [0.4, 0.5) is 5.69 Å². The lowest BCUT2D eigenvalue weighted by atomic mass is 10.1. The van der Waals surface area contributed by atoms with Crippen LogP contribution in [-0.4, -0.2) is 4.92 Å². The predicted molar refractivity (Wildman–Crippen MR) is 78.2 cm³/mol. The van der Waals surface area contributed by atoms with Crippen LogP contribution in [0, 0.1) is 21.4 Å². The van der Waals surface area contributed by atoms with E-state index in [2.05, 4.69) is 6.07 Å². The van der Waals surface area contributed by atoms with E-state index in [0.29, 0.717) is 22.8 Å². The minimum absolute atomic E-state index is 0.0661. The fourth-order valence-corrected chi connectivity index (χ4v) is 1.95. The van der Waals surface area contributed by atoms with Gasteiger partial charge in [-0.2, -0.15) is 5.26 Å². The smallest absolute Gasteiger partial charge is 0.277 e. The Balaban J connectivity index is 2.09. The van der Waals surface area contributed by atoms with Crippen molar-refractivity contribution in [3.8, 4) is 11.8 Å². The van der Waals surface area contributed by atoms with E-state index >= 15 is 0 Å². The van der Waals surface area contributed by atoms with Crippen molar-refractivity contribution >= 4 is 17.3 Å². The summed E-state index contributed by atoms with van der Waals surface area (Å²) in [5.41, 5.74) is 1.27. The number of halogens is 1. The molecule has 21 heavy (non-hydrogen) atoms. The van der Waals surface area contributed by atoms with E-state index in [1.165, 1.54) is 6.07 Å². The van der Waals surface area contributed by atoms with E-state index in [4.69, 9.17) is 21.6 Å². The Morgan fingerprint density at radius 2 is 1.95 bits per heavy atom. The molecule has 0 aliphatic carbocycles. The van der Waals surface area contributed by atoms with Crippen LogP contribution in [0.2, 0.25) is 5.02 Å². The lowest BCUT2D eigenvalue weighted by molar-refractivity contribution is -0.385. The minimum Gasteiger partial charge on any atom is -0.489 e. The van der Waals surface area contributed by atoms with Gasteiger partial charge in [0, 0.05) is 11.1 Å². The highest BCUT2D eigenvalue weighted by Gasteiger charge is 2.14. The zero-order valence-corrected chi connectivity index (χ0v) is 11.7. The molecule has 0 bridgehead atoms. The summed E-state index contributed by atoms with van der Waals surface area (Å²) in [7, 11) is 0. The van der Waals surface area contributed by atoms with Crippen LogP contribution >= 0.6 is 11.6 Å². The third-order valence-corrected chi connectivity index (χ3v) is 3.08. The average molecular weight is 303 g/mol. The van der Waals surface area contributed by atoms with Gasteiger partial charge < -0.3 is 4.74 Å². The van der Waals surface area contributed by atoms with Crippen LogP contribution in [-0.2, 0) is 13.0 Å². The van der Waals surface area contributed by atoms with Gasteiger partial charge in [0.05, 0.1) is 23.0 Å². The van der Waals surface area contributed by atoms with Crippen LogP contribution in [0.5, 0.6) is 5.75 Å². The maximum Gasteiger partial charge on any atom is 0.277 e. The maximum atomic E-state index is 11.0. The first-order chi connectivity index (χ1) is 10.1. The van der Waals surface area contributed by atoms with Gasteiger partial charge in [0.25, 0.3) is 5.69 Å². The molecule has 0 heterocycles. The van der Waals surface area contributed by atoms with Crippen molar-refractivity contribution in [1.29, 1.82) is 5.26 Å². The fourth-order valence-electron chi connectivity index (χ4n) is 1.78. The highest BCUT2D eigenvalue weighted by atomic mass is 35.5. The number of benzene rings is 2. The topological polar surface area (TPSA) is 76.2 Å². The molecule has 2 aromatic rings. The van der Waals surface area contributed by atoms with Gasteiger partial charge in [-0.25, -0.2) is 0 Å². The van der Waals surface area contributed by atoms with E-state index in [9.17, 15) is 10.1 Å². The summed E-state index contributed by atoms with van der Waals surface area (Å²) >= 11 is 5.75. The Morgan fingerprint density at radius 1 is 1.24 bits per heavy atom. The van der Waals surface area contributed by atoms with E-state index in [1.54, 1.807) is 36.4 Å². The fraction of sp³-hybridized carbons (Fsp3) is 0.133. The largest absolute Gasteiger partial charge is 0.489 e. The molecule has 2 rings (SSSR count). The molecule has 0 saturated carbocycles. The molecule has 2 aromatic carbocycles. The number of nitriles is 1. The lowest BCUT2D eigenvalue weighted by Crippen LogP contribution is -2.00. The van der Waals surface area contributed by atoms with E-state index in [1.807, 2.05) is 0 Å². The second-order valence-corrected chi connectivity index (χ2v) is 4.73. The maximum absolute atomic E-state index is 11.0. The number of nitro benzene ring substituents is 1. The summed E-state index contributed by atoms with van der Waals surface area (Å²) in [5.74, 6) is 0.584. The molecular formula is C15H11ClN2O3. The van der Waals surface area contributed by atoms with Gasteiger partial charge in [-0.05, 0) is 29.8 Å². The van der Waals surface area contributed by atoms with Crippen molar-refractivity contribution in [1.82, 2.24) is 0 Å². The summed E-state index contributed by atoms with van der Waals surface area (Å²) in [6.45, 7) is 0.0745. The van der Waals surface area contributed by atoms with Crippen LogP contribution in [0.25, 0.3) is 0 Å². The first kappa shape index (κ1) is 14.8. The molecule has 5 nitrogen and oxygen atoms in total. The van der Waals surface area contributed by atoms with E-state index in [-0.39, 0.29) is 12.3 Å². The molecule has 0 aliphatic heterocycles. The zero-order chi connectivity index (χ0) is 15.2. The van der Waals surface area contributed by atoms with Crippen molar-refractivity contribution in [3.05, 3.63) is 68.7 Å². The van der Waals surface area contributed by atoms with Gasteiger partial charge in [-0.15, -0.1) is 0 Å². The third-order valence-electron chi connectivity index (χ3n) is 2.84. The number of nitro groups is 1. The summed E-state index contributed by atoms with van der Waals surface area (Å²) in [4.78, 5) is 10.5. The van der Waals surface area contributed by atoms with Crippen LogP contribution in [0.1, 0.15) is 11.1 Å². The van der Waals surface area contributed by atoms with E-state index < -0.39 is 4.92 Å². The zero-order valence-electron chi connectivity index (χ0n) is 11.0. The average Bonchev–Trinajstić information content (AvgIpc) is 2.47. The molecule has 6 heteroatoms. The number of ether oxygens (including phenoxy) is 1. The molecular weight excluding hydrogens is 292 g/mol. The van der Waals surface area contributed by atoms with Crippen molar-refractivity contribution in [3.63, 3.8) is 0 Å². The second kappa shape index (κ2) is 6.73. The van der Waals surface area contributed by atoms with Crippen molar-refractivity contribution in [2.24, 2.45) is 0 Å². The number of rotatable bonds is 5. The van der Waals surface area contributed by atoms with E-state index in [0.717, 1.165) is 5.56 Å². The summed E-state index contributed by atoms with van der Waals surface area (Å²) < 4.78 is 5.53. The molecule has 0 atom stereocenters. The predicted octanol–water partition coefficient (Wildman–Crippen LogP) is 3.89. The highest BCUT2D eigenvalue weighted by molar-refractivity contribution is 6.30. The minimum atomic E-state index is -0.486. The molecule has 0 saturated heterocycles. The standard InChI is InChI=1S/C15H11ClN2O3/c16-13-4-3-12(15(9-13)18(19)20)10-21-14-5-1-11(2-6-14)7-8-17/h1-6,9H,7,10H2. The van der Waals surface area contributed by atoms with Crippen LogP contribution < -0.4 is 4.74 Å². The molecule has 0 radical (unpaired) electrons. The van der Waals surface area contributed by atoms with Crippen LogP contribution in [0.3, 0.4) is 0 Å². The monoisotopic (exact) mass is 302 g/mol. The Hall–Kier alpha value is -2.58. The van der Waals surface area contributed by atoms with Gasteiger partial charge in [-0.1, -0.05) is 23.7 Å². The van der Waals surface area contributed by atoms with Gasteiger partial charge in [-0.3, -0.25) is 10.1 Å². The lowest BCUT2D eigenvalue weighted by Gasteiger charge is -2.07. The Morgan fingerprint density at radius 3 is 2.57 bits per heavy atom. The quantitative estimate of drug-likeness (QED) is 0.620. The number of nitrogens with zero attached hydrogens (tertiary/aromatic N) is 2. The van der Waals surface area contributed by atoms with Crippen molar-refractivity contribution in [2.75, 3.05) is 0 Å². The van der Waals surface area contributed by atoms with Crippen molar-refractivity contribution in [2.45, 2.75) is 13.0 Å². The van der Waals surface area contributed by atoms with Crippen molar-refractivity contribution < 1.29 is 9.66 Å². The number of hydrogen-bond donors (Lipinski definition) is 0. The first-order valence-corrected chi connectivity index (χ1v) is 6.49. The number of hydrogen-bond acceptors (Lipinski definition) is 4. The molecule has 0 aromatic heterocycles. The summed E-state index contributed by atoms with van der Waals surface area (Å²) in [5, 5.41) is 19.9. The second-order valence-electron chi connectivity index (χ2n) is 4.30.